The molecule has 7 nitrogen and oxygen atoms in total. The van der Waals surface area contributed by atoms with Gasteiger partial charge in [0.05, 0.1) is 26.5 Å². The van der Waals surface area contributed by atoms with E-state index < -0.39 is 0 Å². The molecule has 0 bridgehead atoms. The molecule has 2 aliphatic heterocycles. The number of nitrogens with one attached hydrogen (secondary N) is 1. The Morgan fingerprint density at radius 3 is 2.87 bits per heavy atom. The van der Waals surface area contributed by atoms with E-state index in [4.69, 9.17) is 14.2 Å². The summed E-state index contributed by atoms with van der Waals surface area (Å²) in [5.74, 6) is 1.78. The Kier molecular flexibility index (Phi) is 3.14. The summed E-state index contributed by atoms with van der Waals surface area (Å²) in [7, 11) is 3.26. The predicted molar refractivity (Wildman–Crippen MR) is 83.7 cm³/mol. The van der Waals surface area contributed by atoms with Crippen LogP contribution in [0.5, 0.6) is 17.2 Å². The van der Waals surface area contributed by atoms with Crippen molar-refractivity contribution in [1.29, 1.82) is 0 Å². The molecular weight excluding hydrogens is 298 g/mol. The highest BCUT2D eigenvalue weighted by atomic mass is 16.5. The van der Waals surface area contributed by atoms with E-state index >= 15 is 0 Å². The molecule has 0 spiro atoms. The smallest absolute Gasteiger partial charge is 0.308 e. The van der Waals surface area contributed by atoms with Crippen molar-refractivity contribution >= 4 is 5.69 Å². The molecule has 0 saturated carbocycles. The maximum atomic E-state index is 11.9. The predicted octanol–water partition coefficient (Wildman–Crippen LogP) is 1.28. The monoisotopic (exact) mass is 315 g/mol. The molecule has 0 amide bonds. The molecule has 2 aromatic rings. The van der Waals surface area contributed by atoms with Crippen molar-refractivity contribution < 1.29 is 14.2 Å². The zero-order valence-electron chi connectivity index (χ0n) is 13.0. The minimum absolute atomic E-state index is 0.0367. The second-order valence-corrected chi connectivity index (χ2v) is 5.59. The fourth-order valence-electron chi connectivity index (χ4n) is 3.38. The Labute approximate surface area is 132 Å². The van der Waals surface area contributed by atoms with E-state index in [0.717, 1.165) is 30.0 Å². The number of hydrogen-bond acceptors (Lipinski definition) is 6. The fraction of sp³-hybridized carbons (Fsp3) is 0.375. The third-order valence-corrected chi connectivity index (χ3v) is 4.49. The van der Waals surface area contributed by atoms with E-state index in [1.54, 1.807) is 20.4 Å². The average molecular weight is 315 g/mol. The van der Waals surface area contributed by atoms with Gasteiger partial charge in [-0.2, -0.15) is 5.10 Å². The lowest BCUT2D eigenvalue weighted by Gasteiger charge is -2.42. The largest absolute Gasteiger partial charge is 0.493 e. The van der Waals surface area contributed by atoms with Gasteiger partial charge in [-0.1, -0.05) is 0 Å². The lowest BCUT2D eigenvalue weighted by molar-refractivity contribution is 0.253. The third-order valence-electron chi connectivity index (χ3n) is 4.49. The number of anilines is 1. The molecule has 0 saturated heterocycles. The summed E-state index contributed by atoms with van der Waals surface area (Å²) in [6.45, 7) is 1.22. The topological polar surface area (TPSA) is 76.7 Å². The quantitative estimate of drug-likeness (QED) is 0.900. The summed E-state index contributed by atoms with van der Waals surface area (Å²) >= 11 is 0. The van der Waals surface area contributed by atoms with E-state index in [-0.39, 0.29) is 11.6 Å². The van der Waals surface area contributed by atoms with Crippen molar-refractivity contribution in [1.82, 2.24) is 10.2 Å². The normalized spacial score (nSPS) is 18.3. The van der Waals surface area contributed by atoms with Crippen LogP contribution in [0.3, 0.4) is 0 Å². The Balaban J connectivity index is 1.82. The maximum absolute atomic E-state index is 11.9. The summed E-state index contributed by atoms with van der Waals surface area (Å²) in [6, 6.07) is 4.06. The van der Waals surface area contributed by atoms with Crippen LogP contribution in [0.1, 0.15) is 17.2 Å². The van der Waals surface area contributed by atoms with Gasteiger partial charge in [0.15, 0.2) is 11.5 Å². The number of hydrogen-bond donors (Lipinski definition) is 1. The van der Waals surface area contributed by atoms with E-state index in [0.29, 0.717) is 18.1 Å². The van der Waals surface area contributed by atoms with Gasteiger partial charge in [-0.05, 0) is 29.7 Å². The number of ether oxygens (including phenoxy) is 3. The van der Waals surface area contributed by atoms with Gasteiger partial charge < -0.3 is 19.1 Å². The van der Waals surface area contributed by atoms with Gasteiger partial charge >= 0.3 is 5.56 Å². The first-order chi connectivity index (χ1) is 11.2. The van der Waals surface area contributed by atoms with Crippen LogP contribution in [0, 0.1) is 0 Å². The number of benzene rings is 1. The van der Waals surface area contributed by atoms with Crippen molar-refractivity contribution in [3.8, 4) is 17.2 Å². The van der Waals surface area contributed by atoms with E-state index in [2.05, 4.69) is 15.1 Å². The van der Waals surface area contributed by atoms with Crippen molar-refractivity contribution in [3.63, 3.8) is 0 Å². The molecule has 120 valence electrons. The number of nitrogens with zero attached hydrogens (tertiary/aromatic N) is 2. The van der Waals surface area contributed by atoms with Crippen LogP contribution >= 0.6 is 0 Å². The molecule has 2 aliphatic rings. The zero-order chi connectivity index (χ0) is 16.0. The second-order valence-electron chi connectivity index (χ2n) is 5.59. The molecule has 1 aromatic heterocycles. The highest BCUT2D eigenvalue weighted by Gasteiger charge is 2.35. The van der Waals surface area contributed by atoms with Crippen LogP contribution in [0.25, 0.3) is 0 Å². The zero-order valence-corrected chi connectivity index (χ0v) is 13.0. The Morgan fingerprint density at radius 1 is 1.30 bits per heavy atom. The minimum Gasteiger partial charge on any atom is -0.493 e. The molecule has 0 radical (unpaired) electrons. The Morgan fingerprint density at radius 2 is 2.09 bits per heavy atom. The lowest BCUT2D eigenvalue weighted by atomic mass is 9.91. The first-order valence-corrected chi connectivity index (χ1v) is 7.45. The first kappa shape index (κ1) is 13.9. The molecule has 1 aromatic carbocycles. The van der Waals surface area contributed by atoms with Gasteiger partial charge in [-0.15, -0.1) is 0 Å². The van der Waals surface area contributed by atoms with Gasteiger partial charge in [0, 0.05) is 6.54 Å². The van der Waals surface area contributed by atoms with Gasteiger partial charge in [0.2, 0.25) is 5.75 Å². The summed E-state index contributed by atoms with van der Waals surface area (Å²) in [5.41, 5.74) is 2.80. The second kappa shape index (κ2) is 5.19. The van der Waals surface area contributed by atoms with Gasteiger partial charge in [-0.25, -0.2) is 5.10 Å². The lowest BCUT2D eigenvalue weighted by Crippen LogP contribution is -2.43. The first-order valence-electron chi connectivity index (χ1n) is 7.45. The standard InChI is InChI=1S/C16H17N3O4/c1-21-13-5-9-3-4-19-11-7-17-18-16(20)15(11)23-8-12(19)10(9)6-14(13)22-2/h5-7,12H,3-4,8H2,1-2H3,(H,18,20). The fourth-order valence-corrected chi connectivity index (χ4v) is 3.38. The summed E-state index contributed by atoms with van der Waals surface area (Å²) in [5, 5.41) is 6.32. The average Bonchev–Trinajstić information content (AvgIpc) is 2.60. The molecule has 1 N–H and O–H groups in total. The van der Waals surface area contributed by atoms with Gasteiger partial charge in [-0.3, -0.25) is 4.79 Å². The van der Waals surface area contributed by atoms with Crippen molar-refractivity contribution in [3.05, 3.63) is 39.8 Å². The molecule has 4 rings (SSSR count). The summed E-state index contributed by atoms with van der Waals surface area (Å²) < 4.78 is 16.5. The third kappa shape index (κ3) is 2.03. The van der Waals surface area contributed by atoms with Crippen LogP contribution in [-0.2, 0) is 6.42 Å². The van der Waals surface area contributed by atoms with Crippen LogP contribution in [-0.4, -0.2) is 37.6 Å². The van der Waals surface area contributed by atoms with E-state index in [9.17, 15) is 4.79 Å². The van der Waals surface area contributed by atoms with Gasteiger partial charge in [0.25, 0.3) is 0 Å². The number of fused-ring (bicyclic) bond motifs is 5. The Bertz CT molecular complexity index is 817. The number of H-pyrrole nitrogens is 1. The van der Waals surface area contributed by atoms with Crippen LogP contribution in [0.4, 0.5) is 5.69 Å². The highest BCUT2D eigenvalue weighted by Crippen LogP contribution is 2.43. The van der Waals surface area contributed by atoms with E-state index in [1.165, 1.54) is 5.56 Å². The molecule has 0 aliphatic carbocycles. The van der Waals surface area contributed by atoms with Crippen LogP contribution < -0.4 is 24.7 Å². The summed E-state index contributed by atoms with van der Waals surface area (Å²) in [6.07, 6.45) is 2.51. The van der Waals surface area contributed by atoms with Crippen LogP contribution in [0.2, 0.25) is 0 Å². The Hall–Kier alpha value is -2.70. The molecule has 23 heavy (non-hydrogen) atoms. The number of aromatic nitrogens is 2. The highest BCUT2D eigenvalue weighted by molar-refractivity contribution is 5.62. The van der Waals surface area contributed by atoms with Crippen molar-refractivity contribution in [2.75, 3.05) is 32.3 Å². The maximum Gasteiger partial charge on any atom is 0.308 e. The SMILES string of the molecule is COc1cc2c(cc1OC)C1COc3c(cn[nH]c3=O)N1CC2. The number of rotatable bonds is 2. The van der Waals surface area contributed by atoms with Crippen molar-refractivity contribution in [2.45, 2.75) is 12.5 Å². The van der Waals surface area contributed by atoms with Gasteiger partial charge in [0.1, 0.15) is 12.3 Å². The minimum atomic E-state index is -0.293. The summed E-state index contributed by atoms with van der Waals surface area (Å²) in [4.78, 5) is 14.0. The van der Waals surface area contributed by atoms with Crippen LogP contribution in [0.15, 0.2) is 23.1 Å². The molecule has 3 heterocycles. The molecular formula is C16H17N3O4. The van der Waals surface area contributed by atoms with Crippen molar-refractivity contribution in [2.24, 2.45) is 0 Å². The van der Waals surface area contributed by atoms with E-state index in [1.807, 2.05) is 12.1 Å². The molecule has 7 heteroatoms. The molecule has 1 atom stereocenters. The number of aromatic amines is 1. The molecule has 0 fully saturated rings. The number of methoxy groups -OCH3 is 2. The molecule has 1 unspecified atom stereocenters.